The molecule has 9 heteroatoms. The maximum Gasteiger partial charge on any atom is 0.513 e. The fraction of sp³-hybridized carbons (Fsp3) is 0.542. The Labute approximate surface area is 195 Å². The number of ether oxygens (including phenoxy) is 2. The first-order valence-corrected chi connectivity index (χ1v) is 12.8. The highest BCUT2D eigenvalue weighted by atomic mass is 31.2. The minimum atomic E-state index is -4.65. The number of rotatable bonds is 11. The molecule has 0 spiro atoms. The first kappa shape index (κ1) is 27.1. The standard InChI is InChI=1S/C24H35O8P/c1-5-6-7-8-18-14-21(25)23(20-13-17(4)9-10-19(20)16(2)3)22(15-18)32-24(26)30-11-12-31-33(27,28)29/h13-15,19-20,25H,2,5-12H2,1,3-4H3,(H2,27,28,29)/t19-,20+/m0/s1. The Balaban J connectivity index is 2.32. The van der Waals surface area contributed by atoms with Gasteiger partial charge < -0.3 is 24.4 Å². The Morgan fingerprint density at radius 3 is 2.61 bits per heavy atom. The van der Waals surface area contributed by atoms with Crippen molar-refractivity contribution in [1.82, 2.24) is 0 Å². The number of allylic oxidation sites excluding steroid dienone is 3. The number of hydrogen-bond donors (Lipinski definition) is 3. The van der Waals surface area contributed by atoms with Crippen molar-refractivity contribution >= 4 is 14.0 Å². The van der Waals surface area contributed by atoms with E-state index < -0.39 is 27.2 Å². The van der Waals surface area contributed by atoms with Crippen molar-refractivity contribution in [3.8, 4) is 11.5 Å². The average Bonchev–Trinajstić information content (AvgIpc) is 2.70. The number of phenols is 1. The van der Waals surface area contributed by atoms with E-state index in [0.717, 1.165) is 49.7 Å². The van der Waals surface area contributed by atoms with E-state index in [1.54, 1.807) is 12.1 Å². The molecule has 1 aliphatic rings. The van der Waals surface area contributed by atoms with Crippen LogP contribution >= 0.6 is 7.82 Å². The Morgan fingerprint density at radius 1 is 1.24 bits per heavy atom. The number of carbonyl (C=O) groups excluding carboxylic acids is 1. The molecule has 2 rings (SSSR count). The van der Waals surface area contributed by atoms with Gasteiger partial charge in [-0.3, -0.25) is 4.52 Å². The van der Waals surface area contributed by atoms with Gasteiger partial charge in [-0.2, -0.15) is 0 Å². The number of aromatic hydroxyl groups is 1. The Hall–Kier alpha value is -2.12. The molecular formula is C24H35O8P. The van der Waals surface area contributed by atoms with Crippen LogP contribution in [0.1, 0.15) is 69.9 Å². The second-order valence-electron chi connectivity index (χ2n) is 8.54. The lowest BCUT2D eigenvalue weighted by molar-refractivity contribution is 0.0767. The second kappa shape index (κ2) is 12.4. The monoisotopic (exact) mass is 482 g/mol. The molecule has 0 unspecified atom stereocenters. The summed E-state index contributed by atoms with van der Waals surface area (Å²) in [4.78, 5) is 29.8. The van der Waals surface area contributed by atoms with Crippen molar-refractivity contribution < 1.29 is 38.3 Å². The van der Waals surface area contributed by atoms with Gasteiger partial charge in [-0.05, 0) is 63.1 Å². The highest BCUT2D eigenvalue weighted by molar-refractivity contribution is 7.46. The third-order valence-corrected chi connectivity index (χ3v) is 6.24. The summed E-state index contributed by atoms with van der Waals surface area (Å²) >= 11 is 0. The molecule has 33 heavy (non-hydrogen) atoms. The number of benzene rings is 1. The number of unbranched alkanes of at least 4 members (excludes halogenated alkanes) is 2. The Bertz CT molecular complexity index is 917. The van der Waals surface area contributed by atoms with E-state index in [0.29, 0.717) is 5.56 Å². The lowest BCUT2D eigenvalue weighted by Crippen LogP contribution is -2.20. The predicted molar refractivity (Wildman–Crippen MR) is 125 cm³/mol. The van der Waals surface area contributed by atoms with Gasteiger partial charge in [0.15, 0.2) is 0 Å². The van der Waals surface area contributed by atoms with Crippen LogP contribution in [0.25, 0.3) is 0 Å². The van der Waals surface area contributed by atoms with E-state index in [4.69, 9.17) is 19.3 Å². The lowest BCUT2D eigenvalue weighted by Gasteiger charge is -2.32. The number of aryl methyl sites for hydroxylation is 1. The van der Waals surface area contributed by atoms with Crippen LogP contribution in [0.3, 0.4) is 0 Å². The second-order valence-corrected chi connectivity index (χ2v) is 9.78. The molecule has 2 atom stereocenters. The van der Waals surface area contributed by atoms with Crippen LogP contribution in [0.15, 0.2) is 35.9 Å². The van der Waals surface area contributed by atoms with Gasteiger partial charge in [0.05, 0.1) is 6.61 Å². The summed E-state index contributed by atoms with van der Waals surface area (Å²) in [6.45, 7) is 9.35. The van der Waals surface area contributed by atoms with Crippen molar-refractivity contribution in [1.29, 1.82) is 0 Å². The van der Waals surface area contributed by atoms with Crippen LogP contribution in [0.2, 0.25) is 0 Å². The third-order valence-electron chi connectivity index (χ3n) is 5.72. The summed E-state index contributed by atoms with van der Waals surface area (Å²) in [6.07, 6.45) is 6.62. The van der Waals surface area contributed by atoms with Gasteiger partial charge in [0.1, 0.15) is 18.1 Å². The van der Waals surface area contributed by atoms with E-state index in [1.165, 1.54) is 5.57 Å². The molecule has 1 aliphatic carbocycles. The largest absolute Gasteiger partial charge is 0.513 e. The Kier molecular flexibility index (Phi) is 10.2. The zero-order valence-corrected chi connectivity index (χ0v) is 20.5. The molecule has 184 valence electrons. The fourth-order valence-electron chi connectivity index (χ4n) is 4.12. The van der Waals surface area contributed by atoms with Crippen molar-refractivity contribution in [2.45, 2.75) is 65.2 Å². The Morgan fingerprint density at radius 2 is 1.97 bits per heavy atom. The van der Waals surface area contributed by atoms with Crippen molar-refractivity contribution in [2.24, 2.45) is 5.92 Å². The summed E-state index contributed by atoms with van der Waals surface area (Å²) in [5, 5.41) is 11.0. The summed E-state index contributed by atoms with van der Waals surface area (Å²) in [6, 6.07) is 3.48. The molecule has 8 nitrogen and oxygen atoms in total. The van der Waals surface area contributed by atoms with Crippen LogP contribution in [0.4, 0.5) is 4.79 Å². The van der Waals surface area contributed by atoms with Crippen molar-refractivity contribution in [3.05, 3.63) is 47.1 Å². The molecule has 0 saturated heterocycles. The van der Waals surface area contributed by atoms with Gasteiger partial charge in [-0.1, -0.05) is 43.6 Å². The van der Waals surface area contributed by atoms with Crippen LogP contribution < -0.4 is 4.74 Å². The fourth-order valence-corrected chi connectivity index (χ4v) is 4.43. The smallest absolute Gasteiger partial charge is 0.507 e. The number of phenolic OH excluding ortho intramolecular Hbond substituents is 1. The zero-order valence-electron chi connectivity index (χ0n) is 19.6. The number of phosphoric ester groups is 1. The van der Waals surface area contributed by atoms with E-state index in [1.807, 2.05) is 13.8 Å². The van der Waals surface area contributed by atoms with Crippen molar-refractivity contribution in [2.75, 3.05) is 13.2 Å². The number of carbonyl (C=O) groups is 1. The zero-order chi connectivity index (χ0) is 24.6. The molecule has 0 bridgehead atoms. The van der Waals surface area contributed by atoms with Gasteiger partial charge >= 0.3 is 14.0 Å². The summed E-state index contributed by atoms with van der Waals surface area (Å²) in [5.41, 5.74) is 3.52. The lowest BCUT2D eigenvalue weighted by atomic mass is 9.73. The maximum atomic E-state index is 12.3. The van der Waals surface area contributed by atoms with Crippen molar-refractivity contribution in [3.63, 3.8) is 0 Å². The highest BCUT2D eigenvalue weighted by Crippen LogP contribution is 2.47. The van der Waals surface area contributed by atoms with Crippen LogP contribution in [0, 0.1) is 5.92 Å². The first-order chi connectivity index (χ1) is 15.5. The summed E-state index contributed by atoms with van der Waals surface area (Å²) < 4.78 is 25.4. The van der Waals surface area contributed by atoms with E-state index >= 15 is 0 Å². The molecule has 3 N–H and O–H groups in total. The topological polar surface area (TPSA) is 123 Å². The molecule has 1 aromatic rings. The summed E-state index contributed by atoms with van der Waals surface area (Å²) in [7, 11) is -4.65. The molecule has 0 amide bonds. The molecule has 0 aromatic heterocycles. The molecule has 1 aromatic carbocycles. The maximum absolute atomic E-state index is 12.3. The van der Waals surface area contributed by atoms with Gasteiger partial charge in [-0.15, -0.1) is 0 Å². The molecule has 0 fully saturated rings. The van der Waals surface area contributed by atoms with Gasteiger partial charge in [0.25, 0.3) is 0 Å². The normalized spacial score (nSPS) is 18.5. The van der Waals surface area contributed by atoms with E-state index in [-0.39, 0.29) is 23.3 Å². The highest BCUT2D eigenvalue weighted by Gasteiger charge is 2.31. The van der Waals surface area contributed by atoms with Crippen LogP contribution in [-0.4, -0.2) is 34.3 Å². The summed E-state index contributed by atoms with van der Waals surface area (Å²) in [5.74, 6) is 0.144. The number of hydrogen-bond acceptors (Lipinski definition) is 6. The van der Waals surface area contributed by atoms with Gasteiger partial charge in [0, 0.05) is 11.5 Å². The number of phosphoric acid groups is 1. The predicted octanol–water partition coefficient (Wildman–Crippen LogP) is 5.77. The molecule has 0 aliphatic heterocycles. The molecule has 0 saturated carbocycles. The van der Waals surface area contributed by atoms with E-state index in [9.17, 15) is 14.5 Å². The first-order valence-electron chi connectivity index (χ1n) is 11.2. The van der Waals surface area contributed by atoms with Gasteiger partial charge in [-0.25, -0.2) is 9.36 Å². The van der Waals surface area contributed by atoms with Gasteiger partial charge in [0.2, 0.25) is 0 Å². The quantitative estimate of drug-likeness (QED) is 0.120. The molecule has 0 radical (unpaired) electrons. The molecular weight excluding hydrogens is 447 g/mol. The van der Waals surface area contributed by atoms with E-state index in [2.05, 4.69) is 24.1 Å². The minimum absolute atomic E-state index is 0.0545. The van der Waals surface area contributed by atoms with Crippen LogP contribution in [-0.2, 0) is 20.2 Å². The van der Waals surface area contributed by atoms with Crippen LogP contribution in [0.5, 0.6) is 11.5 Å². The molecule has 0 heterocycles. The minimum Gasteiger partial charge on any atom is -0.507 e. The SMILES string of the molecule is C=C(C)[C@@H]1CCC(C)=C[C@H]1c1c(O)cc(CCCCC)cc1OC(=O)OCCOP(=O)(O)O. The average molecular weight is 483 g/mol. The third kappa shape index (κ3) is 8.63.